The molecule has 2 rings (SSSR count). The lowest BCUT2D eigenvalue weighted by atomic mass is 10.1. The Balaban J connectivity index is 1.87. The monoisotopic (exact) mass is 438 g/mol. The highest BCUT2D eigenvalue weighted by Gasteiger charge is 2.15. The van der Waals surface area contributed by atoms with Crippen LogP contribution in [0.1, 0.15) is 5.56 Å². The molecule has 8 nitrogen and oxygen atoms in total. The zero-order valence-corrected chi connectivity index (χ0v) is 16.4. The lowest BCUT2D eigenvalue weighted by Gasteiger charge is -2.12. The van der Waals surface area contributed by atoms with Crippen LogP contribution in [0, 0.1) is 10.1 Å². The van der Waals surface area contributed by atoms with E-state index < -0.39 is 4.92 Å². The molecule has 0 saturated carbocycles. The minimum Gasteiger partial charge on any atom is -0.493 e. The molecule has 27 heavy (non-hydrogen) atoms. The number of ether oxygens (including phenoxy) is 3. The van der Waals surface area contributed by atoms with E-state index in [4.69, 9.17) is 14.2 Å². The minimum atomic E-state index is -0.554. The van der Waals surface area contributed by atoms with E-state index in [-0.39, 0.29) is 24.0 Å². The van der Waals surface area contributed by atoms with E-state index in [2.05, 4.69) is 21.2 Å². The summed E-state index contributed by atoms with van der Waals surface area (Å²) in [5, 5.41) is 13.6. The van der Waals surface area contributed by atoms with Crippen LogP contribution in [0.2, 0.25) is 0 Å². The summed E-state index contributed by atoms with van der Waals surface area (Å²) in [4.78, 5) is 22.3. The molecular weight excluding hydrogens is 420 g/mol. The van der Waals surface area contributed by atoms with Gasteiger partial charge in [0.15, 0.2) is 23.9 Å². The van der Waals surface area contributed by atoms with Crippen LogP contribution in [0.3, 0.4) is 0 Å². The Hall–Kier alpha value is -2.81. The zero-order valence-electron chi connectivity index (χ0n) is 14.9. The van der Waals surface area contributed by atoms with Crippen LogP contribution in [0.15, 0.2) is 40.9 Å². The van der Waals surface area contributed by atoms with Crippen LogP contribution in [-0.2, 0) is 11.2 Å². The van der Waals surface area contributed by atoms with Crippen LogP contribution in [-0.4, -0.2) is 38.2 Å². The van der Waals surface area contributed by atoms with Gasteiger partial charge >= 0.3 is 5.69 Å². The molecule has 0 unspecified atom stereocenters. The van der Waals surface area contributed by atoms with Crippen LogP contribution in [0.25, 0.3) is 0 Å². The highest BCUT2D eigenvalue weighted by Crippen LogP contribution is 2.33. The molecule has 0 radical (unpaired) electrons. The predicted molar refractivity (Wildman–Crippen MR) is 103 cm³/mol. The van der Waals surface area contributed by atoms with Crippen molar-refractivity contribution in [1.29, 1.82) is 0 Å². The van der Waals surface area contributed by atoms with Gasteiger partial charge in [-0.25, -0.2) is 0 Å². The molecule has 0 aliphatic carbocycles. The number of hydrogen-bond acceptors (Lipinski definition) is 6. The molecular formula is C18H19BrN2O6. The van der Waals surface area contributed by atoms with Crippen molar-refractivity contribution in [3.63, 3.8) is 0 Å². The molecule has 0 bridgehead atoms. The molecule has 9 heteroatoms. The van der Waals surface area contributed by atoms with E-state index in [9.17, 15) is 14.9 Å². The van der Waals surface area contributed by atoms with Crippen molar-refractivity contribution in [1.82, 2.24) is 5.32 Å². The molecule has 0 atom stereocenters. The van der Waals surface area contributed by atoms with Crippen LogP contribution >= 0.6 is 15.9 Å². The number of rotatable bonds is 9. The van der Waals surface area contributed by atoms with E-state index in [0.717, 1.165) is 10.0 Å². The van der Waals surface area contributed by atoms with Crippen molar-refractivity contribution in [3.05, 3.63) is 56.5 Å². The van der Waals surface area contributed by atoms with Crippen molar-refractivity contribution >= 4 is 27.5 Å². The number of nitro benzene ring substituents is 1. The van der Waals surface area contributed by atoms with Gasteiger partial charge in [-0.15, -0.1) is 0 Å². The number of amides is 1. The van der Waals surface area contributed by atoms with Crippen molar-refractivity contribution in [2.75, 3.05) is 27.4 Å². The number of nitrogens with one attached hydrogen (secondary N) is 1. The number of methoxy groups -OCH3 is 2. The maximum atomic E-state index is 11.9. The molecule has 0 fully saturated rings. The van der Waals surface area contributed by atoms with E-state index in [1.165, 1.54) is 18.2 Å². The summed E-state index contributed by atoms with van der Waals surface area (Å²) in [6.45, 7) is 0.0606. The summed E-state index contributed by atoms with van der Waals surface area (Å²) in [6.07, 6.45) is 0.554. The Kier molecular flexibility index (Phi) is 7.42. The smallest absolute Gasteiger partial charge is 0.310 e. The second kappa shape index (κ2) is 9.77. The number of nitro groups is 1. The third-order valence-electron chi connectivity index (χ3n) is 3.69. The summed E-state index contributed by atoms with van der Waals surface area (Å²) in [5.74, 6) is 0.891. The van der Waals surface area contributed by atoms with Crippen molar-refractivity contribution in [2.24, 2.45) is 0 Å². The van der Waals surface area contributed by atoms with Gasteiger partial charge in [0, 0.05) is 17.1 Å². The van der Waals surface area contributed by atoms with Gasteiger partial charge in [0.1, 0.15) is 0 Å². The summed E-state index contributed by atoms with van der Waals surface area (Å²) in [5.41, 5.74) is 0.757. The third kappa shape index (κ3) is 5.58. The standard InChI is InChI=1S/C18H19BrN2O6/c1-25-16-9-12(13(19)10-17(16)26-2)7-8-20-18(22)11-27-15-6-4-3-5-14(15)21(23)24/h3-6,9-10H,7-8,11H2,1-2H3,(H,20,22). The number of nitrogens with zero attached hydrogens (tertiary/aromatic N) is 1. The Labute approximate surface area is 164 Å². The topological polar surface area (TPSA) is 99.9 Å². The Morgan fingerprint density at radius 1 is 1.15 bits per heavy atom. The highest BCUT2D eigenvalue weighted by atomic mass is 79.9. The fraction of sp³-hybridized carbons (Fsp3) is 0.278. The average molecular weight is 439 g/mol. The fourth-order valence-electron chi connectivity index (χ4n) is 2.35. The maximum absolute atomic E-state index is 11.9. The molecule has 2 aromatic carbocycles. The van der Waals surface area contributed by atoms with Gasteiger partial charge in [-0.2, -0.15) is 0 Å². The molecule has 0 aromatic heterocycles. The Bertz CT molecular complexity index is 827. The SMILES string of the molecule is COc1cc(Br)c(CCNC(=O)COc2ccccc2[N+](=O)[O-])cc1OC. The first-order valence-electron chi connectivity index (χ1n) is 7.99. The van der Waals surface area contributed by atoms with Crippen LogP contribution in [0.5, 0.6) is 17.2 Å². The van der Waals surface area contributed by atoms with Crippen molar-refractivity contribution in [3.8, 4) is 17.2 Å². The van der Waals surface area contributed by atoms with E-state index in [1.54, 1.807) is 26.4 Å². The van der Waals surface area contributed by atoms with E-state index in [0.29, 0.717) is 24.5 Å². The summed E-state index contributed by atoms with van der Waals surface area (Å²) in [7, 11) is 3.11. The highest BCUT2D eigenvalue weighted by molar-refractivity contribution is 9.10. The Morgan fingerprint density at radius 2 is 1.81 bits per heavy atom. The number of para-hydroxylation sites is 2. The number of carbonyl (C=O) groups is 1. The summed E-state index contributed by atoms with van der Waals surface area (Å²) >= 11 is 3.46. The number of carbonyl (C=O) groups excluding carboxylic acids is 1. The van der Waals surface area contributed by atoms with Gasteiger partial charge in [0.05, 0.1) is 19.1 Å². The molecule has 1 amide bonds. The zero-order chi connectivity index (χ0) is 19.8. The molecule has 0 aliphatic heterocycles. The largest absolute Gasteiger partial charge is 0.493 e. The van der Waals surface area contributed by atoms with Gasteiger partial charge < -0.3 is 19.5 Å². The van der Waals surface area contributed by atoms with Gasteiger partial charge in [-0.3, -0.25) is 14.9 Å². The molecule has 144 valence electrons. The van der Waals surface area contributed by atoms with Crippen molar-refractivity contribution in [2.45, 2.75) is 6.42 Å². The second-order valence-corrected chi connectivity index (χ2v) is 6.27. The Morgan fingerprint density at radius 3 is 2.48 bits per heavy atom. The fourth-order valence-corrected chi connectivity index (χ4v) is 2.87. The van der Waals surface area contributed by atoms with Crippen LogP contribution < -0.4 is 19.5 Å². The lowest BCUT2D eigenvalue weighted by Crippen LogP contribution is -2.30. The number of benzene rings is 2. The molecule has 2 aromatic rings. The summed E-state index contributed by atoms with van der Waals surface area (Å²) < 4.78 is 16.6. The first kappa shape index (κ1) is 20.5. The first-order chi connectivity index (χ1) is 13.0. The van der Waals surface area contributed by atoms with Gasteiger partial charge in [0.2, 0.25) is 0 Å². The summed E-state index contributed by atoms with van der Waals surface area (Å²) in [6, 6.07) is 9.54. The first-order valence-corrected chi connectivity index (χ1v) is 8.79. The van der Waals surface area contributed by atoms with Gasteiger partial charge in [-0.1, -0.05) is 28.1 Å². The lowest BCUT2D eigenvalue weighted by molar-refractivity contribution is -0.385. The molecule has 0 heterocycles. The van der Waals surface area contributed by atoms with Gasteiger partial charge in [-0.05, 0) is 30.2 Å². The van der Waals surface area contributed by atoms with Crippen molar-refractivity contribution < 1.29 is 23.9 Å². The number of halogens is 1. The quantitative estimate of drug-likeness (QED) is 0.476. The molecule has 0 aliphatic rings. The van der Waals surface area contributed by atoms with E-state index in [1.807, 2.05) is 6.07 Å². The van der Waals surface area contributed by atoms with Crippen LogP contribution in [0.4, 0.5) is 5.69 Å². The predicted octanol–water partition coefficient (Wildman–Crippen LogP) is 3.11. The average Bonchev–Trinajstić information content (AvgIpc) is 2.67. The maximum Gasteiger partial charge on any atom is 0.310 e. The van der Waals surface area contributed by atoms with Gasteiger partial charge in [0.25, 0.3) is 5.91 Å². The number of hydrogen-bond donors (Lipinski definition) is 1. The van der Waals surface area contributed by atoms with E-state index >= 15 is 0 Å². The molecule has 0 spiro atoms. The molecule has 0 saturated heterocycles. The minimum absolute atomic E-state index is 0.0558. The second-order valence-electron chi connectivity index (χ2n) is 5.41. The normalized spacial score (nSPS) is 10.2. The third-order valence-corrected chi connectivity index (χ3v) is 4.43. The molecule has 1 N–H and O–H groups in total.